The van der Waals surface area contributed by atoms with Gasteiger partial charge in [-0.2, -0.15) is 0 Å². The molecule has 0 amide bonds. The number of carbonyl (C=O) groups excluding carboxylic acids is 1. The summed E-state index contributed by atoms with van der Waals surface area (Å²) in [7, 11) is 1.63. The number of aromatic nitrogens is 2. The molecule has 0 saturated carbocycles. The van der Waals surface area contributed by atoms with Crippen LogP contribution in [0.2, 0.25) is 0 Å². The number of nitrogens with one attached hydrogen (secondary N) is 1. The number of rotatable bonds is 5. The molecule has 1 aromatic heterocycles. The summed E-state index contributed by atoms with van der Waals surface area (Å²) in [5, 5.41) is 0. The number of aromatic amines is 1. The van der Waals surface area contributed by atoms with Gasteiger partial charge in [-0.25, -0.2) is 4.98 Å². The van der Waals surface area contributed by atoms with Crippen molar-refractivity contribution >= 4 is 5.78 Å². The summed E-state index contributed by atoms with van der Waals surface area (Å²) in [4.78, 5) is 18.4. The van der Waals surface area contributed by atoms with Gasteiger partial charge >= 0.3 is 0 Å². The van der Waals surface area contributed by atoms with Gasteiger partial charge in [-0.3, -0.25) is 4.79 Å². The van der Waals surface area contributed by atoms with Gasteiger partial charge < -0.3 is 9.72 Å². The van der Waals surface area contributed by atoms with E-state index in [0.717, 1.165) is 11.3 Å². The Balaban J connectivity index is 1.95. The van der Waals surface area contributed by atoms with Crippen LogP contribution in [0.1, 0.15) is 22.5 Å². The molecule has 0 fully saturated rings. The minimum Gasteiger partial charge on any atom is -0.497 e. The van der Waals surface area contributed by atoms with E-state index in [2.05, 4.69) is 9.97 Å². The van der Waals surface area contributed by atoms with Crippen LogP contribution in [-0.4, -0.2) is 22.9 Å². The molecule has 17 heavy (non-hydrogen) atoms. The number of carbonyl (C=O) groups is 1. The van der Waals surface area contributed by atoms with Crippen molar-refractivity contribution in [2.24, 2.45) is 0 Å². The van der Waals surface area contributed by atoms with E-state index in [4.69, 9.17) is 4.74 Å². The molecule has 1 heterocycles. The molecule has 1 aromatic carbocycles. The quantitative estimate of drug-likeness (QED) is 0.801. The van der Waals surface area contributed by atoms with Crippen molar-refractivity contribution in [3.8, 4) is 5.75 Å². The van der Waals surface area contributed by atoms with Gasteiger partial charge in [0.1, 0.15) is 11.4 Å². The molecule has 0 unspecified atom stereocenters. The van der Waals surface area contributed by atoms with Crippen molar-refractivity contribution in [1.82, 2.24) is 9.97 Å². The number of aryl methyl sites for hydroxylation is 1. The van der Waals surface area contributed by atoms with Gasteiger partial charge in [-0.1, -0.05) is 12.1 Å². The number of methoxy groups -OCH3 is 1. The Hall–Kier alpha value is -2.10. The van der Waals surface area contributed by atoms with E-state index in [0.29, 0.717) is 18.5 Å². The molecule has 1 N–H and O–H groups in total. The van der Waals surface area contributed by atoms with Crippen molar-refractivity contribution in [2.75, 3.05) is 7.11 Å². The number of H-pyrrole nitrogens is 1. The Morgan fingerprint density at radius 1 is 1.47 bits per heavy atom. The smallest absolute Gasteiger partial charge is 0.183 e. The second-order valence-electron chi connectivity index (χ2n) is 3.73. The molecule has 4 heteroatoms. The van der Waals surface area contributed by atoms with E-state index in [1.807, 2.05) is 24.3 Å². The lowest BCUT2D eigenvalue weighted by Crippen LogP contribution is -2.01. The minimum absolute atomic E-state index is 0.0501. The van der Waals surface area contributed by atoms with Crippen LogP contribution >= 0.6 is 0 Å². The number of ether oxygens (including phenoxy) is 1. The number of Topliss-reactive ketones (excluding diaryl/α,β-unsaturated/α-hetero) is 1. The third-order valence-electron chi connectivity index (χ3n) is 2.56. The molecule has 0 aliphatic heterocycles. The average molecular weight is 230 g/mol. The average Bonchev–Trinajstić information content (AvgIpc) is 2.90. The summed E-state index contributed by atoms with van der Waals surface area (Å²) in [6.45, 7) is 0. The lowest BCUT2D eigenvalue weighted by Gasteiger charge is -2.03. The van der Waals surface area contributed by atoms with Crippen molar-refractivity contribution in [1.29, 1.82) is 0 Å². The SMILES string of the molecule is COc1cccc(CCC(=O)c2c[nH]cn2)c1. The van der Waals surface area contributed by atoms with Crippen LogP contribution in [0.3, 0.4) is 0 Å². The van der Waals surface area contributed by atoms with Crippen LogP contribution in [0.25, 0.3) is 0 Å². The molecule has 0 atom stereocenters. The van der Waals surface area contributed by atoms with Crippen molar-refractivity contribution < 1.29 is 9.53 Å². The van der Waals surface area contributed by atoms with E-state index >= 15 is 0 Å². The monoisotopic (exact) mass is 230 g/mol. The molecule has 4 nitrogen and oxygen atoms in total. The Kier molecular flexibility index (Phi) is 3.55. The highest BCUT2D eigenvalue weighted by Gasteiger charge is 2.07. The van der Waals surface area contributed by atoms with E-state index < -0.39 is 0 Å². The van der Waals surface area contributed by atoms with E-state index in [1.165, 1.54) is 6.33 Å². The van der Waals surface area contributed by atoms with Crippen LogP contribution in [-0.2, 0) is 6.42 Å². The second-order valence-corrected chi connectivity index (χ2v) is 3.73. The first-order valence-corrected chi connectivity index (χ1v) is 5.44. The predicted molar refractivity (Wildman–Crippen MR) is 64.2 cm³/mol. The van der Waals surface area contributed by atoms with Gasteiger partial charge in [-0.15, -0.1) is 0 Å². The molecule has 0 aliphatic rings. The van der Waals surface area contributed by atoms with Crippen molar-refractivity contribution in [3.05, 3.63) is 48.0 Å². The molecule has 0 radical (unpaired) electrons. The van der Waals surface area contributed by atoms with Gasteiger partial charge in [-0.05, 0) is 24.1 Å². The fraction of sp³-hybridized carbons (Fsp3) is 0.231. The summed E-state index contributed by atoms with van der Waals surface area (Å²) in [5.74, 6) is 0.865. The zero-order valence-electron chi connectivity index (χ0n) is 9.64. The Morgan fingerprint density at radius 2 is 2.35 bits per heavy atom. The Bertz CT molecular complexity index is 492. The molecule has 0 saturated heterocycles. The molecule has 88 valence electrons. The summed E-state index contributed by atoms with van der Waals surface area (Å²) in [6, 6.07) is 7.74. The topological polar surface area (TPSA) is 55.0 Å². The summed E-state index contributed by atoms with van der Waals surface area (Å²) in [6.07, 6.45) is 4.29. The third-order valence-corrected chi connectivity index (χ3v) is 2.56. The molecular weight excluding hydrogens is 216 g/mol. The lowest BCUT2D eigenvalue weighted by molar-refractivity contribution is 0.0978. The first-order chi connectivity index (χ1) is 8.29. The zero-order chi connectivity index (χ0) is 12.1. The lowest BCUT2D eigenvalue weighted by atomic mass is 10.1. The first kappa shape index (κ1) is 11.4. The van der Waals surface area contributed by atoms with E-state index in [9.17, 15) is 4.79 Å². The van der Waals surface area contributed by atoms with Crippen LogP contribution in [0, 0.1) is 0 Å². The van der Waals surface area contributed by atoms with E-state index in [-0.39, 0.29) is 5.78 Å². The molecule has 0 bridgehead atoms. The standard InChI is InChI=1S/C13H14N2O2/c1-17-11-4-2-3-10(7-11)5-6-13(16)12-8-14-9-15-12/h2-4,7-9H,5-6H2,1H3,(H,14,15). The summed E-state index contributed by atoms with van der Waals surface area (Å²) >= 11 is 0. The molecular formula is C13H14N2O2. The summed E-state index contributed by atoms with van der Waals surface area (Å²) < 4.78 is 5.13. The number of hydrogen-bond donors (Lipinski definition) is 1. The van der Waals surface area contributed by atoms with Gasteiger partial charge in [0, 0.05) is 12.6 Å². The number of nitrogens with zero attached hydrogens (tertiary/aromatic N) is 1. The molecule has 0 aliphatic carbocycles. The summed E-state index contributed by atoms with van der Waals surface area (Å²) in [5.41, 5.74) is 1.58. The number of benzene rings is 1. The van der Waals surface area contributed by atoms with Crippen molar-refractivity contribution in [3.63, 3.8) is 0 Å². The van der Waals surface area contributed by atoms with Gasteiger partial charge in [0.2, 0.25) is 0 Å². The highest BCUT2D eigenvalue weighted by atomic mass is 16.5. The maximum atomic E-state index is 11.7. The first-order valence-electron chi connectivity index (χ1n) is 5.44. The Labute approximate surface area is 99.7 Å². The highest BCUT2D eigenvalue weighted by molar-refractivity contribution is 5.94. The second kappa shape index (κ2) is 5.30. The van der Waals surface area contributed by atoms with Crippen LogP contribution < -0.4 is 4.74 Å². The molecule has 2 rings (SSSR count). The largest absolute Gasteiger partial charge is 0.497 e. The van der Waals surface area contributed by atoms with Crippen LogP contribution in [0.4, 0.5) is 0 Å². The number of ketones is 1. The van der Waals surface area contributed by atoms with Crippen LogP contribution in [0.5, 0.6) is 5.75 Å². The number of hydrogen-bond acceptors (Lipinski definition) is 3. The third kappa shape index (κ3) is 2.93. The number of imidazole rings is 1. The fourth-order valence-electron chi connectivity index (χ4n) is 1.63. The maximum absolute atomic E-state index is 11.7. The van der Waals surface area contributed by atoms with Crippen LogP contribution in [0.15, 0.2) is 36.8 Å². The van der Waals surface area contributed by atoms with Crippen molar-refractivity contribution in [2.45, 2.75) is 12.8 Å². The maximum Gasteiger partial charge on any atom is 0.183 e. The highest BCUT2D eigenvalue weighted by Crippen LogP contribution is 2.14. The normalized spacial score (nSPS) is 10.2. The fourth-order valence-corrected chi connectivity index (χ4v) is 1.63. The van der Waals surface area contributed by atoms with Gasteiger partial charge in [0.15, 0.2) is 5.78 Å². The zero-order valence-corrected chi connectivity index (χ0v) is 9.64. The van der Waals surface area contributed by atoms with Gasteiger partial charge in [0.05, 0.1) is 13.4 Å². The Morgan fingerprint density at radius 3 is 3.06 bits per heavy atom. The predicted octanol–water partition coefficient (Wildman–Crippen LogP) is 2.23. The molecule has 2 aromatic rings. The minimum atomic E-state index is 0.0501. The van der Waals surface area contributed by atoms with Gasteiger partial charge in [0.25, 0.3) is 0 Å². The molecule has 0 spiro atoms. The van der Waals surface area contributed by atoms with E-state index in [1.54, 1.807) is 13.3 Å².